The molecular formula is C19H22ClF3N2O3S. The van der Waals surface area contributed by atoms with Crippen LogP contribution < -0.4 is 0 Å². The molecule has 1 aliphatic heterocycles. The molecule has 29 heavy (non-hydrogen) atoms. The van der Waals surface area contributed by atoms with Crippen molar-refractivity contribution in [1.82, 2.24) is 9.29 Å². The van der Waals surface area contributed by atoms with Gasteiger partial charge in [0.2, 0.25) is 15.9 Å². The van der Waals surface area contributed by atoms with Crippen LogP contribution in [-0.2, 0) is 21.6 Å². The number of sulfonamides is 1. The molecule has 0 bridgehead atoms. The molecule has 1 fully saturated rings. The van der Waals surface area contributed by atoms with Crippen LogP contribution in [-0.4, -0.2) is 24.3 Å². The number of benzene rings is 1. The third kappa shape index (κ3) is 4.46. The lowest BCUT2D eigenvalue weighted by Crippen LogP contribution is -2.38. The molecule has 0 radical (unpaired) electrons. The van der Waals surface area contributed by atoms with Crippen LogP contribution in [0.5, 0.6) is 0 Å². The summed E-state index contributed by atoms with van der Waals surface area (Å²) >= 11 is 5.95. The van der Waals surface area contributed by atoms with Gasteiger partial charge in [-0.1, -0.05) is 38.8 Å². The highest BCUT2D eigenvalue weighted by Crippen LogP contribution is 2.39. The first-order valence-corrected chi connectivity index (χ1v) is 11.0. The number of halogens is 4. The Labute approximate surface area is 172 Å². The van der Waals surface area contributed by atoms with Crippen molar-refractivity contribution in [3.8, 4) is 0 Å². The Hall–Kier alpha value is -1.58. The highest BCUT2D eigenvalue weighted by Gasteiger charge is 2.39. The number of aromatic nitrogens is 1. The Morgan fingerprint density at radius 1 is 1.21 bits per heavy atom. The normalized spacial score (nSPS) is 19.5. The van der Waals surface area contributed by atoms with E-state index in [1.165, 1.54) is 4.31 Å². The van der Waals surface area contributed by atoms with Crippen LogP contribution in [0.4, 0.5) is 13.2 Å². The molecular weight excluding hydrogens is 429 g/mol. The monoisotopic (exact) mass is 450 g/mol. The standard InChI is InChI=1S/C19H22ClF3N2O3S/c1-18(2,3)16-11-24-17(28-16)14-6-4-5-9-25(14)29(26,27)15-8-7-12(10-13(15)20)19(21,22)23/h7-8,10-11,14H,4-6,9H2,1-3H3/t14-/m0/s1. The predicted molar refractivity (Wildman–Crippen MR) is 102 cm³/mol. The molecule has 2 heterocycles. The summed E-state index contributed by atoms with van der Waals surface area (Å²) < 4.78 is 72.2. The maximum Gasteiger partial charge on any atom is 0.416 e. The fourth-order valence-electron chi connectivity index (χ4n) is 3.24. The van der Waals surface area contributed by atoms with E-state index in [4.69, 9.17) is 16.0 Å². The van der Waals surface area contributed by atoms with Crippen molar-refractivity contribution < 1.29 is 26.0 Å². The lowest BCUT2D eigenvalue weighted by Gasteiger charge is -2.33. The molecule has 0 saturated carbocycles. The van der Waals surface area contributed by atoms with Gasteiger partial charge in [0, 0.05) is 12.0 Å². The molecule has 5 nitrogen and oxygen atoms in total. The highest BCUT2D eigenvalue weighted by atomic mass is 35.5. The maximum atomic E-state index is 13.2. The molecule has 1 aliphatic rings. The first-order chi connectivity index (χ1) is 13.3. The van der Waals surface area contributed by atoms with Crippen LogP contribution in [0.25, 0.3) is 0 Å². The molecule has 0 amide bonds. The van der Waals surface area contributed by atoms with Crippen molar-refractivity contribution in [1.29, 1.82) is 0 Å². The Bertz CT molecular complexity index is 997. The van der Waals surface area contributed by atoms with Crippen molar-refractivity contribution in [2.24, 2.45) is 0 Å². The van der Waals surface area contributed by atoms with Crippen molar-refractivity contribution in [2.45, 2.75) is 62.6 Å². The number of piperidine rings is 1. The minimum Gasteiger partial charge on any atom is -0.443 e. The average molecular weight is 451 g/mol. The van der Waals surface area contributed by atoms with E-state index in [1.807, 2.05) is 20.8 Å². The highest BCUT2D eigenvalue weighted by molar-refractivity contribution is 7.89. The molecule has 0 aliphatic carbocycles. The Morgan fingerprint density at radius 2 is 1.90 bits per heavy atom. The van der Waals surface area contributed by atoms with Crippen LogP contribution in [0.2, 0.25) is 5.02 Å². The number of oxazole rings is 1. The van der Waals surface area contributed by atoms with Crippen LogP contribution in [0.3, 0.4) is 0 Å². The SMILES string of the molecule is CC(C)(C)c1cnc([C@@H]2CCCCN2S(=O)(=O)c2ccc(C(F)(F)F)cc2Cl)o1. The van der Waals surface area contributed by atoms with Crippen molar-refractivity contribution >= 4 is 21.6 Å². The van der Waals surface area contributed by atoms with E-state index >= 15 is 0 Å². The largest absolute Gasteiger partial charge is 0.443 e. The molecule has 2 aromatic rings. The molecule has 1 aromatic carbocycles. The van der Waals surface area contributed by atoms with Crippen molar-refractivity contribution in [2.75, 3.05) is 6.54 Å². The summed E-state index contributed by atoms with van der Waals surface area (Å²) in [6.45, 7) is 6.07. The number of hydrogen-bond acceptors (Lipinski definition) is 4. The summed E-state index contributed by atoms with van der Waals surface area (Å²) in [5.41, 5.74) is -1.29. The Kier molecular flexibility index (Phi) is 5.79. The first kappa shape index (κ1) is 22.1. The Morgan fingerprint density at radius 3 is 2.45 bits per heavy atom. The quantitative estimate of drug-likeness (QED) is 0.614. The van der Waals surface area contributed by atoms with Gasteiger partial charge in [0.05, 0.1) is 16.8 Å². The van der Waals surface area contributed by atoms with Gasteiger partial charge >= 0.3 is 6.18 Å². The fourth-order valence-corrected chi connectivity index (χ4v) is 5.41. The van der Waals surface area contributed by atoms with E-state index in [0.717, 1.165) is 18.6 Å². The molecule has 0 N–H and O–H groups in total. The van der Waals surface area contributed by atoms with E-state index in [-0.39, 0.29) is 22.7 Å². The number of hydrogen-bond donors (Lipinski definition) is 0. The zero-order chi connectivity index (χ0) is 21.6. The first-order valence-electron chi connectivity index (χ1n) is 9.16. The maximum absolute atomic E-state index is 13.2. The average Bonchev–Trinajstić information content (AvgIpc) is 3.11. The fraction of sp³-hybridized carbons (Fsp3) is 0.526. The third-order valence-electron chi connectivity index (χ3n) is 4.85. The van der Waals surface area contributed by atoms with Crippen molar-refractivity contribution in [3.05, 3.63) is 46.6 Å². The van der Waals surface area contributed by atoms with E-state index in [1.54, 1.807) is 6.20 Å². The third-order valence-corrected chi connectivity index (χ3v) is 7.24. The van der Waals surface area contributed by atoms with Gasteiger partial charge in [-0.15, -0.1) is 0 Å². The smallest absolute Gasteiger partial charge is 0.416 e. The van der Waals surface area contributed by atoms with Gasteiger partial charge in [-0.05, 0) is 31.0 Å². The number of alkyl halides is 3. The molecule has 0 spiro atoms. The summed E-state index contributed by atoms with van der Waals surface area (Å²) in [7, 11) is -4.14. The van der Waals surface area contributed by atoms with Gasteiger partial charge in [-0.2, -0.15) is 17.5 Å². The number of nitrogens with zero attached hydrogens (tertiary/aromatic N) is 2. The summed E-state index contributed by atoms with van der Waals surface area (Å²) in [5, 5.41) is -0.466. The van der Waals surface area contributed by atoms with Gasteiger partial charge in [0.25, 0.3) is 0 Å². The minimum absolute atomic E-state index is 0.206. The molecule has 1 atom stereocenters. The minimum atomic E-state index is -4.61. The second kappa shape index (κ2) is 7.59. The van der Waals surface area contributed by atoms with Crippen molar-refractivity contribution in [3.63, 3.8) is 0 Å². The summed E-state index contributed by atoms with van der Waals surface area (Å²) in [5.74, 6) is 0.907. The molecule has 0 unspecified atom stereocenters. The lowest BCUT2D eigenvalue weighted by molar-refractivity contribution is -0.137. The summed E-state index contributed by atoms with van der Waals surface area (Å²) in [6.07, 6.45) is -1.12. The van der Waals surface area contributed by atoms with Crippen LogP contribution >= 0.6 is 11.6 Å². The molecule has 1 aromatic heterocycles. The Balaban J connectivity index is 1.99. The van der Waals surface area contributed by atoms with Gasteiger partial charge in [-0.25, -0.2) is 13.4 Å². The van der Waals surface area contributed by atoms with Gasteiger partial charge in [-0.3, -0.25) is 0 Å². The zero-order valence-electron chi connectivity index (χ0n) is 16.3. The summed E-state index contributed by atoms with van der Waals surface area (Å²) in [6, 6.07) is 1.63. The van der Waals surface area contributed by atoms with Crippen LogP contribution in [0.15, 0.2) is 33.7 Å². The van der Waals surface area contributed by atoms with Gasteiger partial charge in [0.1, 0.15) is 16.7 Å². The molecule has 160 valence electrons. The zero-order valence-corrected chi connectivity index (χ0v) is 17.8. The molecule has 1 saturated heterocycles. The second-order valence-corrected chi connectivity index (χ2v) is 10.3. The van der Waals surface area contributed by atoms with Crippen LogP contribution in [0, 0.1) is 0 Å². The predicted octanol–water partition coefficient (Wildman–Crippen LogP) is 5.56. The lowest BCUT2D eigenvalue weighted by atomic mass is 9.94. The molecule has 3 rings (SSSR count). The molecule has 10 heteroatoms. The van der Waals surface area contributed by atoms with E-state index in [2.05, 4.69) is 4.98 Å². The number of rotatable bonds is 3. The van der Waals surface area contributed by atoms with E-state index < -0.39 is 32.8 Å². The van der Waals surface area contributed by atoms with Gasteiger partial charge in [0.15, 0.2) is 0 Å². The van der Waals surface area contributed by atoms with Crippen LogP contribution in [0.1, 0.15) is 63.3 Å². The van der Waals surface area contributed by atoms with Gasteiger partial charge < -0.3 is 4.42 Å². The summed E-state index contributed by atoms with van der Waals surface area (Å²) in [4.78, 5) is 3.92. The van der Waals surface area contributed by atoms with E-state index in [9.17, 15) is 21.6 Å². The second-order valence-electron chi connectivity index (χ2n) is 8.08. The topological polar surface area (TPSA) is 63.4 Å². The van der Waals surface area contributed by atoms with E-state index in [0.29, 0.717) is 24.7 Å².